The minimum absolute atomic E-state index is 0.102. The van der Waals surface area contributed by atoms with Gasteiger partial charge in [0, 0.05) is 25.6 Å². The molecule has 1 heterocycles. The van der Waals surface area contributed by atoms with Crippen molar-refractivity contribution in [1.82, 2.24) is 10.2 Å². The van der Waals surface area contributed by atoms with Crippen LogP contribution in [0.2, 0.25) is 0 Å². The van der Waals surface area contributed by atoms with E-state index >= 15 is 0 Å². The van der Waals surface area contributed by atoms with E-state index in [9.17, 15) is 20.1 Å². The number of rotatable bonds is 8. The Balaban J connectivity index is 2.08. The number of benzene rings is 1. The molecule has 0 bridgehead atoms. The first-order valence-corrected chi connectivity index (χ1v) is 8.61. The van der Waals surface area contributed by atoms with E-state index in [1.807, 2.05) is 35.2 Å². The smallest absolute Gasteiger partial charge is 0.221 e. The molecule has 1 saturated heterocycles. The summed E-state index contributed by atoms with van der Waals surface area (Å²) in [5.41, 5.74) is 1.01. The summed E-state index contributed by atoms with van der Waals surface area (Å²) in [6.45, 7) is 2.87. The Hall–Kier alpha value is -1.47. The second kappa shape index (κ2) is 9.13. The van der Waals surface area contributed by atoms with Gasteiger partial charge in [-0.2, -0.15) is 0 Å². The number of nitrogens with one attached hydrogen (secondary N) is 1. The molecular weight excluding hydrogens is 308 g/mol. The number of aliphatic hydroxyl groups excluding tert-OH is 3. The molecule has 0 saturated carbocycles. The second-order valence-electron chi connectivity index (χ2n) is 6.36. The third kappa shape index (κ3) is 4.54. The predicted octanol–water partition coefficient (Wildman–Crippen LogP) is 0.260. The standard InChI is InChI=1S/C18H28N2O4/c1-2-3-9-19-16(22)10-14-17(23)18(24)15(12-21)20(14)11-13-7-5-4-6-8-13/h4-8,14-15,17-18,21,23-24H,2-3,9-12H2,1H3,(H,19,22)/t14-,15-,17+,18-/m1/s1. The van der Waals surface area contributed by atoms with Crippen LogP contribution in [0.25, 0.3) is 0 Å². The van der Waals surface area contributed by atoms with Crippen molar-refractivity contribution < 1.29 is 20.1 Å². The van der Waals surface area contributed by atoms with Crippen molar-refractivity contribution in [1.29, 1.82) is 0 Å². The first-order valence-electron chi connectivity index (χ1n) is 8.61. The van der Waals surface area contributed by atoms with Gasteiger partial charge in [-0.05, 0) is 12.0 Å². The molecule has 0 aliphatic carbocycles. The summed E-state index contributed by atoms with van der Waals surface area (Å²) in [4.78, 5) is 14.0. The predicted molar refractivity (Wildman–Crippen MR) is 91.2 cm³/mol. The zero-order chi connectivity index (χ0) is 17.5. The first kappa shape index (κ1) is 18.9. The fraction of sp³-hybridized carbons (Fsp3) is 0.611. The second-order valence-corrected chi connectivity index (χ2v) is 6.36. The summed E-state index contributed by atoms with van der Waals surface area (Å²) in [6, 6.07) is 8.55. The van der Waals surface area contributed by atoms with Crippen molar-refractivity contribution in [3.05, 3.63) is 35.9 Å². The molecule has 24 heavy (non-hydrogen) atoms. The number of likely N-dealkylation sites (tertiary alicyclic amines) is 1. The Bertz CT molecular complexity index is 511. The van der Waals surface area contributed by atoms with Crippen molar-refractivity contribution in [2.75, 3.05) is 13.2 Å². The van der Waals surface area contributed by atoms with Gasteiger partial charge in [0.25, 0.3) is 0 Å². The van der Waals surface area contributed by atoms with Crippen LogP contribution in [0.3, 0.4) is 0 Å². The molecule has 0 unspecified atom stereocenters. The zero-order valence-electron chi connectivity index (χ0n) is 14.1. The first-order chi connectivity index (χ1) is 11.6. The van der Waals surface area contributed by atoms with Gasteiger partial charge in [0.15, 0.2) is 0 Å². The lowest BCUT2D eigenvalue weighted by Gasteiger charge is -2.29. The number of carbonyl (C=O) groups is 1. The number of unbranched alkanes of at least 4 members (excludes halogenated alkanes) is 1. The molecule has 1 aliphatic heterocycles. The van der Waals surface area contributed by atoms with Crippen LogP contribution >= 0.6 is 0 Å². The van der Waals surface area contributed by atoms with Crippen LogP contribution < -0.4 is 5.32 Å². The largest absolute Gasteiger partial charge is 0.395 e. The molecule has 6 nitrogen and oxygen atoms in total. The highest BCUT2D eigenvalue weighted by atomic mass is 16.3. The van der Waals surface area contributed by atoms with E-state index in [-0.39, 0.29) is 18.9 Å². The average molecular weight is 336 g/mol. The van der Waals surface area contributed by atoms with E-state index in [0.29, 0.717) is 13.1 Å². The minimum Gasteiger partial charge on any atom is -0.395 e. The molecule has 134 valence electrons. The number of hydrogen-bond donors (Lipinski definition) is 4. The average Bonchev–Trinajstić information content (AvgIpc) is 2.80. The highest BCUT2D eigenvalue weighted by Gasteiger charge is 2.47. The quantitative estimate of drug-likeness (QED) is 0.511. The monoisotopic (exact) mass is 336 g/mol. The normalized spacial score (nSPS) is 27.3. The molecule has 6 heteroatoms. The molecule has 1 amide bonds. The van der Waals surface area contributed by atoms with E-state index < -0.39 is 24.3 Å². The van der Waals surface area contributed by atoms with Crippen LogP contribution in [0, 0.1) is 0 Å². The van der Waals surface area contributed by atoms with Crippen molar-refractivity contribution in [3.8, 4) is 0 Å². The molecule has 0 aromatic heterocycles. The molecular formula is C18H28N2O4. The molecule has 1 aliphatic rings. The Morgan fingerprint density at radius 3 is 2.46 bits per heavy atom. The number of aliphatic hydroxyl groups is 3. The van der Waals surface area contributed by atoms with E-state index in [4.69, 9.17) is 0 Å². The van der Waals surface area contributed by atoms with Gasteiger partial charge < -0.3 is 20.6 Å². The summed E-state index contributed by atoms with van der Waals surface area (Å²) in [7, 11) is 0. The van der Waals surface area contributed by atoms with Crippen molar-refractivity contribution >= 4 is 5.91 Å². The molecule has 1 aromatic rings. The summed E-state index contributed by atoms with van der Waals surface area (Å²) < 4.78 is 0. The van der Waals surface area contributed by atoms with Crippen molar-refractivity contribution in [2.24, 2.45) is 0 Å². The maximum Gasteiger partial charge on any atom is 0.221 e. The number of hydrogen-bond acceptors (Lipinski definition) is 5. The fourth-order valence-electron chi connectivity index (χ4n) is 3.24. The summed E-state index contributed by atoms with van der Waals surface area (Å²) >= 11 is 0. The lowest BCUT2D eigenvalue weighted by atomic mass is 10.1. The van der Waals surface area contributed by atoms with Crippen molar-refractivity contribution in [2.45, 2.75) is 57.0 Å². The molecule has 1 fully saturated rings. The van der Waals surface area contributed by atoms with Gasteiger partial charge in [0.1, 0.15) is 0 Å². The van der Waals surface area contributed by atoms with Gasteiger partial charge in [0.2, 0.25) is 5.91 Å². The van der Waals surface area contributed by atoms with Crippen LogP contribution in [0.1, 0.15) is 31.7 Å². The Labute approximate surface area is 143 Å². The number of carbonyl (C=O) groups excluding carboxylic acids is 1. The topological polar surface area (TPSA) is 93.0 Å². The highest BCUT2D eigenvalue weighted by Crippen LogP contribution is 2.29. The van der Waals surface area contributed by atoms with Crippen molar-refractivity contribution in [3.63, 3.8) is 0 Å². The van der Waals surface area contributed by atoms with Gasteiger partial charge in [-0.1, -0.05) is 43.7 Å². The maximum absolute atomic E-state index is 12.1. The Morgan fingerprint density at radius 2 is 1.83 bits per heavy atom. The van der Waals surface area contributed by atoms with Gasteiger partial charge in [-0.3, -0.25) is 9.69 Å². The summed E-state index contributed by atoms with van der Waals surface area (Å²) in [6.07, 6.45) is -0.104. The summed E-state index contributed by atoms with van der Waals surface area (Å²) in [5, 5.41) is 33.0. The van der Waals surface area contributed by atoms with E-state index in [1.165, 1.54) is 0 Å². The van der Waals surface area contributed by atoms with Gasteiger partial charge in [-0.15, -0.1) is 0 Å². The number of amides is 1. The molecule has 4 N–H and O–H groups in total. The molecule has 2 rings (SSSR count). The van der Waals surface area contributed by atoms with E-state index in [0.717, 1.165) is 18.4 Å². The van der Waals surface area contributed by atoms with Gasteiger partial charge >= 0.3 is 0 Å². The van der Waals surface area contributed by atoms with E-state index in [1.54, 1.807) is 0 Å². The molecule has 0 radical (unpaired) electrons. The van der Waals surface area contributed by atoms with Crippen LogP contribution in [0.4, 0.5) is 0 Å². The zero-order valence-corrected chi connectivity index (χ0v) is 14.1. The SMILES string of the molecule is CCCCNC(=O)C[C@@H]1[C@H](O)[C@H](O)[C@@H](CO)N1Cc1ccccc1. The van der Waals surface area contributed by atoms with E-state index in [2.05, 4.69) is 12.2 Å². The lowest BCUT2D eigenvalue weighted by Crippen LogP contribution is -2.43. The lowest BCUT2D eigenvalue weighted by molar-refractivity contribution is -0.123. The van der Waals surface area contributed by atoms with Crippen LogP contribution in [-0.2, 0) is 11.3 Å². The number of nitrogens with zero attached hydrogens (tertiary/aromatic N) is 1. The van der Waals surface area contributed by atoms with Crippen LogP contribution in [-0.4, -0.2) is 63.6 Å². The molecule has 0 spiro atoms. The summed E-state index contributed by atoms with van der Waals surface area (Å²) in [5.74, 6) is -0.142. The molecule has 1 aromatic carbocycles. The van der Waals surface area contributed by atoms with Crippen LogP contribution in [0.15, 0.2) is 30.3 Å². The maximum atomic E-state index is 12.1. The minimum atomic E-state index is -1.06. The third-order valence-electron chi connectivity index (χ3n) is 4.63. The Kier molecular flexibility index (Phi) is 7.17. The van der Waals surface area contributed by atoms with Gasteiger partial charge in [0.05, 0.1) is 24.9 Å². The third-order valence-corrected chi connectivity index (χ3v) is 4.63. The van der Waals surface area contributed by atoms with Gasteiger partial charge in [-0.25, -0.2) is 0 Å². The highest BCUT2D eigenvalue weighted by molar-refractivity contribution is 5.76. The van der Waals surface area contributed by atoms with Crippen LogP contribution in [0.5, 0.6) is 0 Å². The fourth-order valence-corrected chi connectivity index (χ4v) is 3.24. The molecule has 4 atom stereocenters. The Morgan fingerprint density at radius 1 is 1.17 bits per heavy atom.